The first-order chi connectivity index (χ1) is 15.6. The monoisotopic (exact) mass is 477 g/mol. The maximum Gasteiger partial charge on any atom is 0.331 e. The van der Waals surface area contributed by atoms with Crippen molar-refractivity contribution in [2.24, 2.45) is 17.8 Å². The van der Waals surface area contributed by atoms with E-state index in [9.17, 15) is 19.8 Å². The van der Waals surface area contributed by atoms with E-state index in [1.165, 1.54) is 26.4 Å². The number of carboxylic acids is 1. The lowest BCUT2D eigenvalue weighted by molar-refractivity contribution is -0.134. The molecule has 1 heterocycles. The molecule has 0 radical (unpaired) electrons. The molecule has 1 aromatic rings. The summed E-state index contributed by atoms with van der Waals surface area (Å²) in [5.74, 6) is -0.673. The normalized spacial score (nSPS) is 23.9. The minimum absolute atomic E-state index is 0.0495. The SMILES string of the molecule is COc1cc(O)c(C(CC(=O)N2CC(C)CC(C)C2)C2CC(C(=O)O)=CC=C2Cl)c(OC)c1. The molecule has 1 aliphatic heterocycles. The third-order valence-corrected chi connectivity index (χ3v) is 6.94. The fraction of sp³-hybridized carbons (Fsp3) is 0.520. The van der Waals surface area contributed by atoms with E-state index in [0.717, 1.165) is 6.42 Å². The van der Waals surface area contributed by atoms with E-state index >= 15 is 0 Å². The van der Waals surface area contributed by atoms with Crippen molar-refractivity contribution < 1.29 is 29.3 Å². The van der Waals surface area contributed by atoms with E-state index in [2.05, 4.69) is 13.8 Å². The number of benzene rings is 1. The highest BCUT2D eigenvalue weighted by molar-refractivity contribution is 6.30. The van der Waals surface area contributed by atoms with E-state index in [1.54, 1.807) is 12.1 Å². The minimum Gasteiger partial charge on any atom is -0.507 e. The Hall–Kier alpha value is -2.67. The van der Waals surface area contributed by atoms with E-state index in [-0.39, 0.29) is 30.1 Å². The summed E-state index contributed by atoms with van der Waals surface area (Å²) in [6.45, 7) is 5.62. The van der Waals surface area contributed by atoms with Crippen molar-refractivity contribution in [3.8, 4) is 17.2 Å². The summed E-state index contributed by atoms with van der Waals surface area (Å²) in [6.07, 6.45) is 4.33. The molecule has 1 fully saturated rings. The number of methoxy groups -OCH3 is 2. The molecule has 1 aromatic carbocycles. The molecule has 1 amide bonds. The lowest BCUT2D eigenvalue weighted by atomic mass is 9.76. The van der Waals surface area contributed by atoms with Crippen LogP contribution in [0.3, 0.4) is 0 Å². The van der Waals surface area contributed by atoms with Crippen LogP contribution in [0, 0.1) is 17.8 Å². The van der Waals surface area contributed by atoms with Gasteiger partial charge in [-0.1, -0.05) is 31.5 Å². The Kier molecular flexibility index (Phi) is 7.95. The lowest BCUT2D eigenvalue weighted by Gasteiger charge is -2.37. The van der Waals surface area contributed by atoms with Gasteiger partial charge in [0.1, 0.15) is 17.2 Å². The number of carboxylic acid groups (broad SMARTS) is 1. The van der Waals surface area contributed by atoms with Crippen molar-refractivity contribution >= 4 is 23.5 Å². The predicted molar refractivity (Wildman–Crippen MR) is 126 cm³/mol. The maximum atomic E-state index is 13.5. The number of carbonyl (C=O) groups excluding carboxylic acids is 1. The topological polar surface area (TPSA) is 96.3 Å². The molecule has 8 heteroatoms. The summed E-state index contributed by atoms with van der Waals surface area (Å²) in [5.41, 5.74) is 0.627. The maximum absolute atomic E-state index is 13.5. The number of hydrogen-bond acceptors (Lipinski definition) is 5. The molecule has 0 aromatic heterocycles. The van der Waals surface area contributed by atoms with Crippen molar-refractivity contribution in [3.05, 3.63) is 40.5 Å². The summed E-state index contributed by atoms with van der Waals surface area (Å²) in [6, 6.07) is 3.11. The number of ether oxygens (including phenoxy) is 2. The Labute approximate surface area is 199 Å². The molecule has 0 bridgehead atoms. The largest absolute Gasteiger partial charge is 0.507 e. The molecule has 0 spiro atoms. The van der Waals surface area contributed by atoms with Gasteiger partial charge in [-0.3, -0.25) is 4.79 Å². The Bertz CT molecular complexity index is 962. The molecule has 1 saturated heterocycles. The van der Waals surface area contributed by atoms with Crippen LogP contribution in [0.5, 0.6) is 17.2 Å². The van der Waals surface area contributed by atoms with Crippen LogP contribution in [-0.4, -0.2) is 54.3 Å². The average Bonchev–Trinajstić information content (AvgIpc) is 2.76. The molecule has 2 aliphatic rings. The zero-order valence-corrected chi connectivity index (χ0v) is 20.3. The van der Waals surface area contributed by atoms with E-state index < -0.39 is 17.8 Å². The number of hydrogen-bond donors (Lipinski definition) is 2. The minimum atomic E-state index is -1.03. The first-order valence-electron chi connectivity index (χ1n) is 11.2. The van der Waals surface area contributed by atoms with Gasteiger partial charge in [-0.2, -0.15) is 0 Å². The van der Waals surface area contributed by atoms with E-state index in [1.807, 2.05) is 4.90 Å². The predicted octanol–water partition coefficient (Wildman–Crippen LogP) is 4.54. The number of phenols is 1. The highest BCUT2D eigenvalue weighted by Gasteiger charge is 2.37. The first-order valence-corrected chi connectivity index (χ1v) is 11.5. The molecule has 180 valence electrons. The molecule has 4 atom stereocenters. The number of aromatic hydroxyl groups is 1. The summed E-state index contributed by atoms with van der Waals surface area (Å²) in [7, 11) is 2.96. The van der Waals surface area contributed by atoms with Crippen molar-refractivity contribution in [2.75, 3.05) is 27.3 Å². The number of allylic oxidation sites excluding steroid dienone is 3. The number of piperidine rings is 1. The number of carbonyl (C=O) groups is 2. The average molecular weight is 478 g/mol. The molecule has 0 saturated carbocycles. The smallest absolute Gasteiger partial charge is 0.331 e. The number of aliphatic carboxylic acids is 1. The number of halogens is 1. The van der Waals surface area contributed by atoms with Crippen LogP contribution < -0.4 is 9.47 Å². The number of rotatable bonds is 7. The van der Waals surface area contributed by atoms with Crippen LogP contribution in [0.25, 0.3) is 0 Å². The fourth-order valence-electron chi connectivity index (χ4n) is 5.08. The molecule has 7 nitrogen and oxygen atoms in total. The quantitative estimate of drug-likeness (QED) is 0.598. The van der Waals surface area contributed by atoms with Crippen LogP contribution in [0.2, 0.25) is 0 Å². The van der Waals surface area contributed by atoms with Crippen LogP contribution in [0.15, 0.2) is 34.9 Å². The molecular formula is C25H32ClNO6. The number of likely N-dealkylation sites (tertiary alicyclic amines) is 1. The number of amides is 1. The molecular weight excluding hydrogens is 446 g/mol. The molecule has 4 unspecified atom stereocenters. The molecule has 3 rings (SSSR count). The summed E-state index contributed by atoms with van der Waals surface area (Å²) in [4.78, 5) is 27.0. The van der Waals surface area contributed by atoms with Crippen molar-refractivity contribution in [3.63, 3.8) is 0 Å². The van der Waals surface area contributed by atoms with Crippen molar-refractivity contribution in [1.82, 2.24) is 4.90 Å². The van der Waals surface area contributed by atoms with Gasteiger partial charge < -0.3 is 24.6 Å². The Morgan fingerprint density at radius 3 is 2.39 bits per heavy atom. The zero-order chi connectivity index (χ0) is 24.3. The van der Waals surface area contributed by atoms with Gasteiger partial charge in [-0.25, -0.2) is 4.79 Å². The van der Waals surface area contributed by atoms with Gasteiger partial charge >= 0.3 is 5.97 Å². The van der Waals surface area contributed by atoms with Gasteiger partial charge in [-0.05, 0) is 30.8 Å². The summed E-state index contributed by atoms with van der Waals surface area (Å²) in [5, 5.41) is 20.9. The second-order valence-corrected chi connectivity index (χ2v) is 9.61. The first kappa shape index (κ1) is 25.0. The van der Waals surface area contributed by atoms with Crippen LogP contribution in [0.4, 0.5) is 0 Å². The second-order valence-electron chi connectivity index (χ2n) is 9.18. The van der Waals surface area contributed by atoms with Gasteiger partial charge in [0, 0.05) is 59.6 Å². The second kappa shape index (κ2) is 10.5. The van der Waals surface area contributed by atoms with Crippen LogP contribution >= 0.6 is 11.6 Å². The van der Waals surface area contributed by atoms with Crippen molar-refractivity contribution in [2.45, 2.75) is 39.0 Å². The number of nitrogens with zero attached hydrogens (tertiary/aromatic N) is 1. The van der Waals surface area contributed by atoms with Gasteiger partial charge in [0.15, 0.2) is 0 Å². The van der Waals surface area contributed by atoms with Crippen molar-refractivity contribution in [1.29, 1.82) is 0 Å². The third kappa shape index (κ3) is 5.64. The van der Waals surface area contributed by atoms with Crippen LogP contribution in [0.1, 0.15) is 44.6 Å². The Morgan fingerprint density at radius 2 is 1.82 bits per heavy atom. The van der Waals surface area contributed by atoms with Gasteiger partial charge in [0.05, 0.1) is 14.2 Å². The molecule has 1 aliphatic carbocycles. The third-order valence-electron chi connectivity index (χ3n) is 6.53. The highest BCUT2D eigenvalue weighted by Crippen LogP contribution is 2.48. The standard InChI is InChI=1S/C25H32ClNO6/c1-14-7-15(2)13-27(12-14)23(29)11-19(18-8-16(25(30)31)5-6-20(18)26)24-21(28)9-17(32-3)10-22(24)33-4/h5-6,9-10,14-15,18-19,28H,7-8,11-13H2,1-4H3,(H,30,31). The summed E-state index contributed by atoms with van der Waals surface area (Å²) >= 11 is 6.57. The van der Waals surface area contributed by atoms with Gasteiger partial charge in [0.2, 0.25) is 5.91 Å². The Morgan fingerprint density at radius 1 is 1.15 bits per heavy atom. The number of phenolic OH excluding ortho intramolecular Hbond substituents is 1. The molecule has 2 N–H and O–H groups in total. The summed E-state index contributed by atoms with van der Waals surface area (Å²) < 4.78 is 10.8. The zero-order valence-electron chi connectivity index (χ0n) is 19.5. The van der Waals surface area contributed by atoms with Gasteiger partial charge in [-0.15, -0.1) is 0 Å². The highest BCUT2D eigenvalue weighted by atomic mass is 35.5. The fourth-order valence-corrected chi connectivity index (χ4v) is 5.37. The Balaban J connectivity index is 2.03. The van der Waals surface area contributed by atoms with E-state index in [4.69, 9.17) is 21.1 Å². The lowest BCUT2D eigenvalue weighted by Crippen LogP contribution is -2.43. The van der Waals surface area contributed by atoms with E-state index in [0.29, 0.717) is 47.0 Å². The van der Waals surface area contributed by atoms with Gasteiger partial charge in [0.25, 0.3) is 0 Å². The molecule has 33 heavy (non-hydrogen) atoms. The van der Waals surface area contributed by atoms with Crippen LogP contribution in [-0.2, 0) is 9.59 Å².